The summed E-state index contributed by atoms with van der Waals surface area (Å²) in [7, 11) is 0. The highest BCUT2D eigenvalue weighted by Gasteiger charge is 2.06. The molecule has 102 valence electrons. The molecule has 0 unspecified atom stereocenters. The van der Waals surface area contributed by atoms with Crippen molar-refractivity contribution in [1.82, 2.24) is 9.97 Å². The minimum absolute atomic E-state index is 0.326. The number of aromatic nitrogens is 2. The highest BCUT2D eigenvalue weighted by Crippen LogP contribution is 2.27. The van der Waals surface area contributed by atoms with Gasteiger partial charge in [0, 0.05) is 17.5 Å². The molecule has 3 aromatic rings. The summed E-state index contributed by atoms with van der Waals surface area (Å²) in [6, 6.07) is 10.1. The lowest BCUT2D eigenvalue weighted by atomic mass is 10.2. The molecule has 0 amide bonds. The van der Waals surface area contributed by atoms with Crippen LogP contribution >= 0.6 is 0 Å². The van der Waals surface area contributed by atoms with E-state index in [0.717, 1.165) is 28.3 Å². The van der Waals surface area contributed by atoms with Crippen molar-refractivity contribution in [2.45, 2.75) is 19.9 Å². The topological polar surface area (TPSA) is 63.0 Å². The molecule has 5 nitrogen and oxygen atoms in total. The molecule has 0 aliphatic carbocycles. The number of fused-ring (bicyclic) bond motifs is 1. The fraction of sp³-hybridized carbons (Fsp3) is 0.200. The fourth-order valence-electron chi connectivity index (χ4n) is 2.01. The van der Waals surface area contributed by atoms with Gasteiger partial charge in [-0.15, -0.1) is 0 Å². The van der Waals surface area contributed by atoms with E-state index < -0.39 is 0 Å². The maximum absolute atomic E-state index is 5.49. The molecular formula is C15H16N4O. The average molecular weight is 268 g/mol. The van der Waals surface area contributed by atoms with Gasteiger partial charge in [0.1, 0.15) is 29.8 Å². The lowest BCUT2D eigenvalue weighted by molar-refractivity contribution is 0.617. The Morgan fingerprint density at radius 3 is 2.75 bits per heavy atom. The molecule has 0 radical (unpaired) electrons. The first-order valence-electron chi connectivity index (χ1n) is 6.54. The second-order valence-corrected chi connectivity index (χ2v) is 4.86. The Balaban J connectivity index is 1.87. The van der Waals surface area contributed by atoms with Crippen molar-refractivity contribution >= 4 is 28.3 Å². The van der Waals surface area contributed by atoms with Crippen LogP contribution in [0.1, 0.15) is 13.8 Å². The standard InChI is InChI=1S/C15H16N4O/c1-10(2)18-14-7-15(17-9-16-14)19-12-8-20-13-6-4-3-5-11(12)13/h3-10H,1-2H3,(H2,16,17,18,19). The van der Waals surface area contributed by atoms with Gasteiger partial charge in [0.05, 0.1) is 5.69 Å². The number of furan rings is 1. The smallest absolute Gasteiger partial charge is 0.136 e. The van der Waals surface area contributed by atoms with Crippen LogP contribution in [-0.4, -0.2) is 16.0 Å². The summed E-state index contributed by atoms with van der Waals surface area (Å²) in [4.78, 5) is 8.41. The van der Waals surface area contributed by atoms with Gasteiger partial charge in [-0.2, -0.15) is 0 Å². The van der Waals surface area contributed by atoms with Gasteiger partial charge < -0.3 is 15.1 Å². The highest BCUT2D eigenvalue weighted by molar-refractivity contribution is 5.92. The Morgan fingerprint density at radius 1 is 1.10 bits per heavy atom. The number of hydrogen-bond acceptors (Lipinski definition) is 5. The van der Waals surface area contributed by atoms with Gasteiger partial charge in [-0.1, -0.05) is 12.1 Å². The number of anilines is 3. The summed E-state index contributed by atoms with van der Waals surface area (Å²) in [5.41, 5.74) is 1.75. The van der Waals surface area contributed by atoms with Gasteiger partial charge in [0.15, 0.2) is 0 Å². The highest BCUT2D eigenvalue weighted by atomic mass is 16.3. The van der Waals surface area contributed by atoms with Crippen LogP contribution in [0, 0.1) is 0 Å². The van der Waals surface area contributed by atoms with Gasteiger partial charge in [-0.05, 0) is 26.0 Å². The molecule has 20 heavy (non-hydrogen) atoms. The van der Waals surface area contributed by atoms with E-state index in [1.807, 2.05) is 30.3 Å². The quantitative estimate of drug-likeness (QED) is 0.753. The fourth-order valence-corrected chi connectivity index (χ4v) is 2.01. The zero-order valence-corrected chi connectivity index (χ0v) is 11.4. The van der Waals surface area contributed by atoms with Gasteiger partial charge in [-0.25, -0.2) is 9.97 Å². The molecule has 0 saturated heterocycles. The lowest BCUT2D eigenvalue weighted by Crippen LogP contribution is -2.11. The van der Waals surface area contributed by atoms with E-state index in [9.17, 15) is 0 Å². The lowest BCUT2D eigenvalue weighted by Gasteiger charge is -2.10. The molecule has 0 saturated carbocycles. The van der Waals surface area contributed by atoms with Crippen LogP contribution in [0.4, 0.5) is 17.3 Å². The second-order valence-electron chi connectivity index (χ2n) is 4.86. The second kappa shape index (κ2) is 5.21. The summed E-state index contributed by atoms with van der Waals surface area (Å²) < 4.78 is 5.49. The zero-order valence-electron chi connectivity index (χ0n) is 11.4. The summed E-state index contributed by atoms with van der Waals surface area (Å²) in [5, 5.41) is 7.53. The van der Waals surface area contributed by atoms with Crippen LogP contribution in [-0.2, 0) is 0 Å². The van der Waals surface area contributed by atoms with E-state index in [-0.39, 0.29) is 0 Å². The number of nitrogens with zero attached hydrogens (tertiary/aromatic N) is 2. The van der Waals surface area contributed by atoms with E-state index in [0.29, 0.717) is 6.04 Å². The molecule has 2 N–H and O–H groups in total. The number of hydrogen-bond donors (Lipinski definition) is 2. The van der Waals surface area contributed by atoms with Crippen LogP contribution in [0.3, 0.4) is 0 Å². The van der Waals surface area contributed by atoms with Gasteiger partial charge in [0.2, 0.25) is 0 Å². The Morgan fingerprint density at radius 2 is 1.90 bits per heavy atom. The Labute approximate surface area is 117 Å². The Hall–Kier alpha value is -2.56. The van der Waals surface area contributed by atoms with Crippen LogP contribution in [0.2, 0.25) is 0 Å². The van der Waals surface area contributed by atoms with Crippen LogP contribution in [0.15, 0.2) is 47.3 Å². The first-order chi connectivity index (χ1) is 9.72. The maximum Gasteiger partial charge on any atom is 0.136 e. The number of nitrogens with one attached hydrogen (secondary N) is 2. The average Bonchev–Trinajstić information content (AvgIpc) is 2.82. The molecule has 0 aliphatic heterocycles. The zero-order chi connectivity index (χ0) is 13.9. The van der Waals surface area contributed by atoms with Crippen molar-refractivity contribution in [2.24, 2.45) is 0 Å². The van der Waals surface area contributed by atoms with Gasteiger partial charge in [-0.3, -0.25) is 0 Å². The van der Waals surface area contributed by atoms with E-state index in [4.69, 9.17) is 4.42 Å². The number of rotatable bonds is 4. The van der Waals surface area contributed by atoms with Crippen LogP contribution in [0.5, 0.6) is 0 Å². The van der Waals surface area contributed by atoms with Crippen LogP contribution < -0.4 is 10.6 Å². The first-order valence-corrected chi connectivity index (χ1v) is 6.54. The molecule has 0 atom stereocenters. The predicted octanol–water partition coefficient (Wildman–Crippen LogP) is 3.79. The minimum Gasteiger partial charge on any atom is -0.462 e. The number of para-hydroxylation sites is 1. The summed E-state index contributed by atoms with van der Waals surface area (Å²) in [5.74, 6) is 1.53. The van der Waals surface area contributed by atoms with Crippen molar-refractivity contribution in [1.29, 1.82) is 0 Å². The van der Waals surface area contributed by atoms with Crippen molar-refractivity contribution in [3.05, 3.63) is 42.9 Å². The molecule has 2 heterocycles. The largest absolute Gasteiger partial charge is 0.462 e. The molecule has 0 fully saturated rings. The molecule has 5 heteroatoms. The van der Waals surface area contributed by atoms with E-state index >= 15 is 0 Å². The monoisotopic (exact) mass is 268 g/mol. The van der Waals surface area contributed by atoms with Crippen molar-refractivity contribution < 1.29 is 4.42 Å². The summed E-state index contributed by atoms with van der Waals surface area (Å²) in [6.07, 6.45) is 3.23. The normalized spacial score (nSPS) is 10.9. The maximum atomic E-state index is 5.49. The van der Waals surface area contributed by atoms with E-state index in [1.165, 1.54) is 6.33 Å². The molecule has 2 aromatic heterocycles. The Kier molecular flexibility index (Phi) is 3.25. The van der Waals surface area contributed by atoms with E-state index in [2.05, 4.69) is 34.4 Å². The third-order valence-electron chi connectivity index (χ3n) is 2.85. The minimum atomic E-state index is 0.326. The summed E-state index contributed by atoms with van der Waals surface area (Å²) >= 11 is 0. The molecule has 0 bridgehead atoms. The van der Waals surface area contributed by atoms with E-state index in [1.54, 1.807) is 6.26 Å². The molecule has 0 spiro atoms. The molecule has 1 aromatic carbocycles. The molecule has 0 aliphatic rings. The third-order valence-corrected chi connectivity index (χ3v) is 2.85. The molecule has 3 rings (SSSR count). The predicted molar refractivity (Wildman–Crippen MR) is 80.3 cm³/mol. The molecular weight excluding hydrogens is 252 g/mol. The van der Waals surface area contributed by atoms with Gasteiger partial charge in [0.25, 0.3) is 0 Å². The van der Waals surface area contributed by atoms with Crippen molar-refractivity contribution in [3.63, 3.8) is 0 Å². The SMILES string of the molecule is CC(C)Nc1cc(Nc2coc3ccccc23)ncn1. The number of benzene rings is 1. The van der Waals surface area contributed by atoms with Crippen LogP contribution in [0.25, 0.3) is 11.0 Å². The first kappa shape index (κ1) is 12.5. The summed E-state index contributed by atoms with van der Waals surface area (Å²) in [6.45, 7) is 4.14. The third kappa shape index (κ3) is 2.56. The van der Waals surface area contributed by atoms with Crippen molar-refractivity contribution in [2.75, 3.05) is 10.6 Å². The van der Waals surface area contributed by atoms with Crippen molar-refractivity contribution in [3.8, 4) is 0 Å². The Bertz CT molecular complexity index is 720. The van der Waals surface area contributed by atoms with Gasteiger partial charge >= 0.3 is 0 Å².